The summed E-state index contributed by atoms with van der Waals surface area (Å²) in [5.74, 6) is -2.79. The lowest BCUT2D eigenvalue weighted by molar-refractivity contribution is 0.0974. The van der Waals surface area contributed by atoms with Gasteiger partial charge in [0.05, 0.1) is 16.5 Å². The van der Waals surface area contributed by atoms with E-state index in [4.69, 9.17) is 0 Å². The second kappa shape index (κ2) is 4.73. The van der Waals surface area contributed by atoms with E-state index in [0.717, 1.165) is 6.07 Å². The van der Waals surface area contributed by atoms with Gasteiger partial charge in [-0.15, -0.1) is 0 Å². The topological polar surface area (TPSA) is 115 Å². The summed E-state index contributed by atoms with van der Waals surface area (Å²) in [5, 5.41) is 40.4. The molecule has 0 amide bonds. The third-order valence-electron chi connectivity index (χ3n) is 4.38. The molecule has 3 aromatic rings. The molecule has 0 unspecified atom stereocenters. The van der Waals surface area contributed by atoms with Crippen molar-refractivity contribution < 1.29 is 30.0 Å². The monoisotopic (exact) mass is 336 g/mol. The van der Waals surface area contributed by atoms with E-state index >= 15 is 0 Å². The number of carbonyl (C=O) groups is 2. The highest BCUT2D eigenvalue weighted by Crippen LogP contribution is 2.44. The number of fused-ring (bicyclic) bond motifs is 3. The van der Waals surface area contributed by atoms with Crippen molar-refractivity contribution in [2.45, 2.75) is 6.92 Å². The molecule has 0 saturated heterocycles. The number of carbonyl (C=O) groups excluding carboxylic acids is 2. The Kier molecular flexibility index (Phi) is 2.84. The zero-order valence-electron chi connectivity index (χ0n) is 13.0. The first-order chi connectivity index (χ1) is 11.8. The van der Waals surface area contributed by atoms with Gasteiger partial charge in [-0.2, -0.15) is 0 Å². The average molecular weight is 336 g/mol. The van der Waals surface area contributed by atoms with E-state index < -0.39 is 23.1 Å². The Labute approximate surface area is 141 Å². The van der Waals surface area contributed by atoms with Crippen LogP contribution in [-0.2, 0) is 0 Å². The highest BCUT2D eigenvalue weighted by Gasteiger charge is 2.35. The van der Waals surface area contributed by atoms with Gasteiger partial charge in [-0.3, -0.25) is 9.59 Å². The molecule has 124 valence electrons. The molecule has 1 aliphatic rings. The zero-order chi connectivity index (χ0) is 18.0. The van der Waals surface area contributed by atoms with Crippen LogP contribution in [0.15, 0.2) is 30.3 Å². The molecule has 6 heteroatoms. The predicted octanol–water partition coefficient (Wildman–Crippen LogP) is 2.75. The van der Waals surface area contributed by atoms with Crippen LogP contribution in [0.4, 0.5) is 0 Å². The van der Waals surface area contributed by atoms with Crippen molar-refractivity contribution in [3.63, 3.8) is 0 Å². The van der Waals surface area contributed by atoms with Gasteiger partial charge in [-0.1, -0.05) is 0 Å². The van der Waals surface area contributed by atoms with E-state index in [0.29, 0.717) is 5.56 Å². The Morgan fingerprint density at radius 2 is 1.40 bits per heavy atom. The van der Waals surface area contributed by atoms with Crippen molar-refractivity contribution in [1.29, 1.82) is 0 Å². The van der Waals surface area contributed by atoms with E-state index in [9.17, 15) is 30.0 Å². The highest BCUT2D eigenvalue weighted by atomic mass is 16.3. The Bertz CT molecular complexity index is 1130. The van der Waals surface area contributed by atoms with Crippen LogP contribution in [-0.4, -0.2) is 32.0 Å². The van der Waals surface area contributed by atoms with E-state index in [2.05, 4.69) is 0 Å². The first-order valence-electron chi connectivity index (χ1n) is 7.44. The summed E-state index contributed by atoms with van der Waals surface area (Å²) in [7, 11) is 0. The summed E-state index contributed by atoms with van der Waals surface area (Å²) in [5.41, 5.74) is 0.179. The third kappa shape index (κ3) is 1.91. The second-order valence-corrected chi connectivity index (χ2v) is 6.08. The van der Waals surface area contributed by atoms with Gasteiger partial charge in [0, 0.05) is 17.2 Å². The van der Waals surface area contributed by atoms with Crippen molar-refractivity contribution in [3.05, 3.63) is 58.1 Å². The maximum absolute atomic E-state index is 12.8. The standard InChI is InChI=1S/C19H12O6/c1-7-2-10-15(12(21)3-7)19(25)16-11(17(10)23)5-8-4-9(20)6-13(22)14(8)18(16)24/h2-6,20-22,24H,1H3. The summed E-state index contributed by atoms with van der Waals surface area (Å²) in [6.45, 7) is 1.68. The lowest BCUT2D eigenvalue weighted by atomic mass is 9.81. The third-order valence-corrected chi connectivity index (χ3v) is 4.38. The molecule has 6 nitrogen and oxygen atoms in total. The number of phenols is 4. The molecule has 0 fully saturated rings. The molecule has 0 saturated carbocycles. The number of phenolic OH excluding ortho intramolecular Hbond substituents is 4. The van der Waals surface area contributed by atoms with Crippen LogP contribution in [0.5, 0.6) is 23.0 Å². The highest BCUT2D eigenvalue weighted by molar-refractivity contribution is 6.32. The molecule has 0 spiro atoms. The quantitative estimate of drug-likeness (QED) is 0.392. The van der Waals surface area contributed by atoms with Crippen LogP contribution in [0.25, 0.3) is 10.8 Å². The normalized spacial score (nSPS) is 13.0. The Hall–Kier alpha value is -3.54. The Morgan fingerprint density at radius 3 is 2.12 bits per heavy atom. The molecule has 4 rings (SSSR count). The van der Waals surface area contributed by atoms with Gasteiger partial charge in [0.15, 0.2) is 5.78 Å². The minimum Gasteiger partial charge on any atom is -0.508 e. The zero-order valence-corrected chi connectivity index (χ0v) is 13.0. The van der Waals surface area contributed by atoms with Crippen LogP contribution in [0.2, 0.25) is 0 Å². The molecular formula is C19H12O6. The van der Waals surface area contributed by atoms with Crippen molar-refractivity contribution in [3.8, 4) is 23.0 Å². The van der Waals surface area contributed by atoms with Crippen molar-refractivity contribution in [2.24, 2.45) is 0 Å². The molecule has 3 aromatic carbocycles. The number of benzene rings is 3. The Balaban J connectivity index is 2.14. The first kappa shape index (κ1) is 15.0. The van der Waals surface area contributed by atoms with E-state index in [1.165, 1.54) is 24.3 Å². The summed E-state index contributed by atoms with van der Waals surface area (Å²) < 4.78 is 0. The van der Waals surface area contributed by atoms with E-state index in [-0.39, 0.29) is 44.5 Å². The maximum Gasteiger partial charge on any atom is 0.201 e. The van der Waals surface area contributed by atoms with Gasteiger partial charge in [0.2, 0.25) is 5.78 Å². The van der Waals surface area contributed by atoms with E-state index in [1.807, 2.05) is 0 Å². The van der Waals surface area contributed by atoms with E-state index in [1.54, 1.807) is 6.92 Å². The molecule has 25 heavy (non-hydrogen) atoms. The maximum atomic E-state index is 12.8. The van der Waals surface area contributed by atoms with Gasteiger partial charge in [0.25, 0.3) is 0 Å². The predicted molar refractivity (Wildman–Crippen MR) is 88.7 cm³/mol. The number of aryl methyl sites for hydroxylation is 1. The van der Waals surface area contributed by atoms with Crippen LogP contribution < -0.4 is 0 Å². The SMILES string of the molecule is Cc1cc(O)c2c(c1)C(=O)c1cc3cc(O)cc(O)c3c(O)c1C2=O. The van der Waals surface area contributed by atoms with Gasteiger partial charge in [-0.25, -0.2) is 0 Å². The minimum absolute atomic E-state index is 0.0440. The smallest absolute Gasteiger partial charge is 0.201 e. The summed E-state index contributed by atoms with van der Waals surface area (Å²) >= 11 is 0. The van der Waals surface area contributed by atoms with Crippen molar-refractivity contribution >= 4 is 22.3 Å². The fourth-order valence-electron chi connectivity index (χ4n) is 3.35. The van der Waals surface area contributed by atoms with Gasteiger partial charge < -0.3 is 20.4 Å². The van der Waals surface area contributed by atoms with Crippen LogP contribution in [0.3, 0.4) is 0 Å². The largest absolute Gasteiger partial charge is 0.508 e. The van der Waals surface area contributed by atoms with Crippen molar-refractivity contribution in [1.82, 2.24) is 0 Å². The summed E-state index contributed by atoms with van der Waals surface area (Å²) in [6, 6.07) is 6.50. The lowest BCUT2D eigenvalue weighted by Gasteiger charge is -2.21. The van der Waals surface area contributed by atoms with Gasteiger partial charge in [-0.05, 0) is 42.1 Å². The molecule has 4 N–H and O–H groups in total. The second-order valence-electron chi connectivity index (χ2n) is 6.08. The van der Waals surface area contributed by atoms with Crippen LogP contribution in [0.1, 0.15) is 37.4 Å². The van der Waals surface area contributed by atoms with Crippen LogP contribution >= 0.6 is 0 Å². The number of hydrogen-bond donors (Lipinski definition) is 4. The molecule has 0 aliphatic heterocycles. The first-order valence-corrected chi connectivity index (χ1v) is 7.44. The molecule has 0 bridgehead atoms. The fraction of sp³-hybridized carbons (Fsp3) is 0.0526. The lowest BCUT2D eigenvalue weighted by Crippen LogP contribution is -2.21. The molecule has 0 heterocycles. The Morgan fingerprint density at radius 1 is 0.720 bits per heavy atom. The van der Waals surface area contributed by atoms with Gasteiger partial charge >= 0.3 is 0 Å². The molecule has 0 radical (unpaired) electrons. The van der Waals surface area contributed by atoms with Crippen LogP contribution in [0, 0.1) is 6.92 Å². The summed E-state index contributed by atoms with van der Waals surface area (Å²) in [6.07, 6.45) is 0. The molecule has 0 atom stereocenters. The molecule has 1 aliphatic carbocycles. The summed E-state index contributed by atoms with van der Waals surface area (Å²) in [4.78, 5) is 25.6. The van der Waals surface area contributed by atoms with Crippen molar-refractivity contribution in [2.75, 3.05) is 0 Å². The number of hydrogen-bond acceptors (Lipinski definition) is 6. The number of ketones is 2. The molecule has 0 aromatic heterocycles. The molecular weight excluding hydrogens is 324 g/mol. The fourth-order valence-corrected chi connectivity index (χ4v) is 3.35. The van der Waals surface area contributed by atoms with Gasteiger partial charge in [0.1, 0.15) is 23.0 Å². The minimum atomic E-state index is -0.700. The number of aromatic hydroxyl groups is 4. The average Bonchev–Trinajstić information content (AvgIpc) is 2.50. The number of rotatable bonds is 0.